The van der Waals surface area contributed by atoms with Crippen molar-refractivity contribution < 1.29 is 23.8 Å². The lowest BCUT2D eigenvalue weighted by Crippen LogP contribution is -2.22. The van der Waals surface area contributed by atoms with Crippen molar-refractivity contribution >= 4 is 34.9 Å². The number of hydrogen-bond donors (Lipinski definition) is 2. The quantitative estimate of drug-likeness (QED) is 0.719. The van der Waals surface area contributed by atoms with Crippen LogP contribution < -0.4 is 20.1 Å². The molecule has 138 valence electrons. The smallest absolute Gasteiger partial charge is 0.337 e. The molecule has 0 bridgehead atoms. The molecule has 0 atom stereocenters. The molecule has 2 N–H and O–H groups in total. The maximum Gasteiger partial charge on any atom is 0.337 e. The molecule has 0 aliphatic heterocycles. The molecule has 2 aromatic carbocycles. The number of rotatable bonds is 7. The molecule has 0 aliphatic carbocycles. The van der Waals surface area contributed by atoms with E-state index < -0.39 is 5.97 Å². The monoisotopic (exact) mass is 378 g/mol. The molecule has 8 heteroatoms. The molecule has 1 amide bonds. The second-order valence-corrected chi connectivity index (χ2v) is 5.57. The van der Waals surface area contributed by atoms with Crippen molar-refractivity contribution in [3.05, 3.63) is 47.0 Å². The molecule has 0 spiro atoms. The number of nitrogens with one attached hydrogen (secondary N) is 2. The van der Waals surface area contributed by atoms with E-state index in [4.69, 9.17) is 21.1 Å². The first-order chi connectivity index (χ1) is 12.5. The summed E-state index contributed by atoms with van der Waals surface area (Å²) in [5, 5.41) is 6.05. The van der Waals surface area contributed by atoms with Crippen LogP contribution in [-0.4, -0.2) is 39.8 Å². The second kappa shape index (κ2) is 8.96. The maximum atomic E-state index is 12.2. The van der Waals surface area contributed by atoms with E-state index in [1.165, 1.54) is 27.4 Å². The van der Waals surface area contributed by atoms with E-state index in [9.17, 15) is 9.59 Å². The summed E-state index contributed by atoms with van der Waals surface area (Å²) in [6.45, 7) is -0.0263. The minimum absolute atomic E-state index is 0.0263. The van der Waals surface area contributed by atoms with E-state index in [0.717, 1.165) is 0 Å². The summed E-state index contributed by atoms with van der Waals surface area (Å²) in [6, 6.07) is 9.71. The van der Waals surface area contributed by atoms with Gasteiger partial charge in [0.25, 0.3) is 0 Å². The maximum absolute atomic E-state index is 12.2. The Bertz CT molecular complexity index is 810. The van der Waals surface area contributed by atoms with Crippen LogP contribution in [0.1, 0.15) is 10.4 Å². The van der Waals surface area contributed by atoms with E-state index >= 15 is 0 Å². The van der Waals surface area contributed by atoms with Gasteiger partial charge >= 0.3 is 5.97 Å². The van der Waals surface area contributed by atoms with Crippen LogP contribution in [0.25, 0.3) is 0 Å². The Kier molecular flexibility index (Phi) is 6.68. The normalized spacial score (nSPS) is 10.0. The molecule has 0 saturated heterocycles. The third kappa shape index (κ3) is 4.80. The van der Waals surface area contributed by atoms with Gasteiger partial charge in [-0.25, -0.2) is 4.79 Å². The lowest BCUT2D eigenvalue weighted by atomic mass is 10.2. The van der Waals surface area contributed by atoms with Gasteiger partial charge in [0.2, 0.25) is 5.91 Å². The summed E-state index contributed by atoms with van der Waals surface area (Å²) in [6.07, 6.45) is 0. The summed E-state index contributed by atoms with van der Waals surface area (Å²) in [5.41, 5.74) is 1.39. The number of carbonyl (C=O) groups excluding carboxylic acids is 2. The van der Waals surface area contributed by atoms with Crippen LogP contribution in [-0.2, 0) is 9.53 Å². The van der Waals surface area contributed by atoms with Crippen molar-refractivity contribution in [2.75, 3.05) is 38.5 Å². The Labute approximate surface area is 156 Å². The van der Waals surface area contributed by atoms with Crippen molar-refractivity contribution in [1.82, 2.24) is 0 Å². The van der Waals surface area contributed by atoms with Gasteiger partial charge in [0.1, 0.15) is 11.5 Å². The van der Waals surface area contributed by atoms with Crippen LogP contribution in [0.2, 0.25) is 5.02 Å². The lowest BCUT2D eigenvalue weighted by Gasteiger charge is -2.14. The average Bonchev–Trinajstić information content (AvgIpc) is 2.65. The summed E-state index contributed by atoms with van der Waals surface area (Å²) >= 11 is 6.10. The highest BCUT2D eigenvalue weighted by Crippen LogP contribution is 2.35. The molecule has 0 aliphatic rings. The fourth-order valence-electron chi connectivity index (χ4n) is 2.22. The van der Waals surface area contributed by atoms with Crippen molar-refractivity contribution in [1.29, 1.82) is 0 Å². The number of amides is 1. The van der Waals surface area contributed by atoms with Crippen molar-refractivity contribution in [2.24, 2.45) is 0 Å². The first-order valence-corrected chi connectivity index (χ1v) is 8.00. The molecule has 0 aromatic heterocycles. The number of carbonyl (C=O) groups is 2. The molecule has 0 saturated carbocycles. The number of esters is 1. The number of anilines is 2. The van der Waals surface area contributed by atoms with Crippen molar-refractivity contribution in [3.8, 4) is 11.5 Å². The molecule has 0 fully saturated rings. The zero-order chi connectivity index (χ0) is 19.1. The molecular weight excluding hydrogens is 360 g/mol. The zero-order valence-electron chi connectivity index (χ0n) is 14.6. The number of benzene rings is 2. The van der Waals surface area contributed by atoms with Crippen LogP contribution in [0.3, 0.4) is 0 Å². The van der Waals surface area contributed by atoms with Gasteiger partial charge in [0.15, 0.2) is 0 Å². The topological polar surface area (TPSA) is 85.9 Å². The third-order valence-electron chi connectivity index (χ3n) is 3.48. The highest BCUT2D eigenvalue weighted by Gasteiger charge is 2.12. The van der Waals surface area contributed by atoms with Gasteiger partial charge in [0.05, 0.1) is 44.1 Å². The van der Waals surface area contributed by atoms with E-state index in [1.54, 1.807) is 30.3 Å². The molecule has 7 nitrogen and oxygen atoms in total. The van der Waals surface area contributed by atoms with E-state index in [0.29, 0.717) is 33.5 Å². The fourth-order valence-corrected chi connectivity index (χ4v) is 2.46. The Hall–Kier alpha value is -2.93. The first kappa shape index (κ1) is 19.4. The van der Waals surface area contributed by atoms with Gasteiger partial charge in [-0.1, -0.05) is 17.7 Å². The summed E-state index contributed by atoms with van der Waals surface area (Å²) in [5.74, 6) is 0.183. The Balaban J connectivity index is 2.03. The number of halogens is 1. The van der Waals surface area contributed by atoms with Crippen molar-refractivity contribution in [2.45, 2.75) is 0 Å². The summed E-state index contributed by atoms with van der Waals surface area (Å²) in [4.78, 5) is 23.7. The molecule has 26 heavy (non-hydrogen) atoms. The SMILES string of the molecule is COC(=O)c1cccc(NC(=O)CNc2cc(Cl)c(OC)cc2OC)c1. The Morgan fingerprint density at radius 3 is 2.42 bits per heavy atom. The van der Waals surface area contributed by atoms with Crippen LogP contribution in [0, 0.1) is 0 Å². The summed E-state index contributed by atoms with van der Waals surface area (Å²) in [7, 11) is 4.31. The predicted molar refractivity (Wildman–Crippen MR) is 99.5 cm³/mol. The molecule has 0 unspecified atom stereocenters. The van der Waals surface area contributed by atoms with Gasteiger partial charge in [0, 0.05) is 11.8 Å². The Morgan fingerprint density at radius 1 is 1.04 bits per heavy atom. The van der Waals surface area contributed by atoms with Crippen LogP contribution in [0.5, 0.6) is 11.5 Å². The molecular formula is C18H19ClN2O5. The lowest BCUT2D eigenvalue weighted by molar-refractivity contribution is -0.114. The zero-order valence-corrected chi connectivity index (χ0v) is 15.3. The minimum Gasteiger partial charge on any atom is -0.495 e. The fraction of sp³-hybridized carbons (Fsp3) is 0.222. The molecule has 0 radical (unpaired) electrons. The molecule has 2 rings (SSSR count). The number of methoxy groups -OCH3 is 3. The van der Waals surface area contributed by atoms with Gasteiger partial charge < -0.3 is 24.8 Å². The van der Waals surface area contributed by atoms with Crippen molar-refractivity contribution in [3.63, 3.8) is 0 Å². The van der Waals surface area contributed by atoms with Crippen LogP contribution >= 0.6 is 11.6 Å². The first-order valence-electron chi connectivity index (χ1n) is 7.62. The predicted octanol–water partition coefficient (Wildman–Crippen LogP) is 3.19. The third-order valence-corrected chi connectivity index (χ3v) is 3.78. The Morgan fingerprint density at radius 2 is 1.77 bits per heavy atom. The van der Waals surface area contributed by atoms with E-state index in [1.807, 2.05) is 0 Å². The van der Waals surface area contributed by atoms with Gasteiger partial charge in [-0.3, -0.25) is 4.79 Å². The van der Waals surface area contributed by atoms with Gasteiger partial charge in [-0.05, 0) is 24.3 Å². The van der Waals surface area contributed by atoms with E-state index in [2.05, 4.69) is 15.4 Å². The van der Waals surface area contributed by atoms with Gasteiger partial charge in [-0.15, -0.1) is 0 Å². The second-order valence-electron chi connectivity index (χ2n) is 5.16. The minimum atomic E-state index is -0.475. The number of hydrogen-bond acceptors (Lipinski definition) is 6. The average molecular weight is 379 g/mol. The molecule has 2 aromatic rings. The number of ether oxygens (including phenoxy) is 3. The molecule has 0 heterocycles. The van der Waals surface area contributed by atoms with Gasteiger partial charge in [-0.2, -0.15) is 0 Å². The highest BCUT2D eigenvalue weighted by molar-refractivity contribution is 6.32. The summed E-state index contributed by atoms with van der Waals surface area (Å²) < 4.78 is 15.1. The largest absolute Gasteiger partial charge is 0.495 e. The standard InChI is InChI=1S/C18H19ClN2O5/c1-24-15-9-16(25-2)14(8-13(15)19)20-10-17(22)21-12-6-4-5-11(7-12)18(23)26-3/h4-9,20H,10H2,1-3H3,(H,21,22). The van der Waals surface area contributed by atoms with E-state index in [-0.39, 0.29) is 12.5 Å². The highest BCUT2D eigenvalue weighted by atomic mass is 35.5. The van der Waals surface area contributed by atoms with Crippen LogP contribution in [0.4, 0.5) is 11.4 Å². The van der Waals surface area contributed by atoms with Crippen LogP contribution in [0.15, 0.2) is 36.4 Å².